The van der Waals surface area contributed by atoms with Crippen molar-refractivity contribution in [1.82, 2.24) is 9.80 Å². The highest BCUT2D eigenvalue weighted by Crippen LogP contribution is 2.37. The number of methoxy groups -OCH3 is 2. The zero-order valence-corrected chi connectivity index (χ0v) is 15.9. The monoisotopic (exact) mass is 392 g/mol. The van der Waals surface area contributed by atoms with Crippen LogP contribution in [-0.2, 0) is 14.3 Å². The van der Waals surface area contributed by atoms with Crippen molar-refractivity contribution in [3.8, 4) is 11.5 Å². The molecule has 2 heterocycles. The molecule has 0 saturated carbocycles. The first-order valence-electron chi connectivity index (χ1n) is 8.37. The van der Waals surface area contributed by atoms with Crippen molar-refractivity contribution in [3.05, 3.63) is 28.7 Å². The second kappa shape index (κ2) is 8.45. The van der Waals surface area contributed by atoms with E-state index in [0.717, 1.165) is 16.7 Å². The van der Waals surface area contributed by atoms with Crippen LogP contribution in [-0.4, -0.2) is 73.9 Å². The minimum Gasteiger partial charge on any atom is -0.493 e. The Hall–Kier alpha value is -2.52. The van der Waals surface area contributed by atoms with Gasteiger partial charge in [-0.3, -0.25) is 19.3 Å². The standard InChI is InChI=1S/C18H20N2O6S/c1-24-13-5-3-4-12(16(13)25-2)10-14-17(22)20(18(23)27-14)11-15(21)19-6-8-26-9-7-19/h3-5,10H,6-9,11H2,1-2H3/b14-10-. The molecule has 8 nitrogen and oxygen atoms in total. The topological polar surface area (TPSA) is 85.4 Å². The zero-order chi connectivity index (χ0) is 19.4. The van der Waals surface area contributed by atoms with Gasteiger partial charge in [0.25, 0.3) is 11.1 Å². The molecule has 1 aromatic carbocycles. The Bertz CT molecular complexity index is 788. The molecule has 0 bridgehead atoms. The molecule has 0 atom stereocenters. The van der Waals surface area contributed by atoms with E-state index >= 15 is 0 Å². The van der Waals surface area contributed by atoms with Crippen LogP contribution in [0.2, 0.25) is 0 Å². The molecule has 0 spiro atoms. The van der Waals surface area contributed by atoms with Crippen LogP contribution in [0.5, 0.6) is 11.5 Å². The molecule has 27 heavy (non-hydrogen) atoms. The Morgan fingerprint density at radius 2 is 1.96 bits per heavy atom. The third-order valence-electron chi connectivity index (χ3n) is 4.25. The first-order chi connectivity index (χ1) is 13.0. The molecule has 3 rings (SSSR count). The molecule has 2 aliphatic heterocycles. The van der Waals surface area contributed by atoms with E-state index in [0.29, 0.717) is 43.4 Å². The van der Waals surface area contributed by atoms with Gasteiger partial charge < -0.3 is 19.1 Å². The second-order valence-corrected chi connectivity index (χ2v) is 6.84. The number of nitrogens with zero attached hydrogens (tertiary/aromatic N) is 2. The number of carbonyl (C=O) groups excluding carboxylic acids is 3. The van der Waals surface area contributed by atoms with E-state index in [1.807, 2.05) is 0 Å². The van der Waals surface area contributed by atoms with E-state index < -0.39 is 11.1 Å². The number of benzene rings is 1. The summed E-state index contributed by atoms with van der Waals surface area (Å²) in [5, 5.41) is -0.463. The fourth-order valence-electron chi connectivity index (χ4n) is 2.85. The lowest BCUT2D eigenvalue weighted by molar-refractivity contribution is -0.139. The maximum absolute atomic E-state index is 12.6. The van der Waals surface area contributed by atoms with Crippen molar-refractivity contribution in [1.29, 1.82) is 0 Å². The van der Waals surface area contributed by atoms with Gasteiger partial charge in [0.05, 0.1) is 32.3 Å². The molecule has 1 aromatic rings. The maximum Gasteiger partial charge on any atom is 0.294 e. The van der Waals surface area contributed by atoms with E-state index in [4.69, 9.17) is 14.2 Å². The van der Waals surface area contributed by atoms with Crippen molar-refractivity contribution in [2.24, 2.45) is 0 Å². The summed E-state index contributed by atoms with van der Waals surface area (Å²) in [7, 11) is 3.02. The lowest BCUT2D eigenvalue weighted by Gasteiger charge is -2.28. The molecule has 3 amide bonds. The van der Waals surface area contributed by atoms with Crippen molar-refractivity contribution in [3.63, 3.8) is 0 Å². The van der Waals surface area contributed by atoms with E-state index in [-0.39, 0.29) is 17.4 Å². The number of para-hydroxylation sites is 1. The van der Waals surface area contributed by atoms with E-state index in [9.17, 15) is 14.4 Å². The number of rotatable bonds is 5. The average molecular weight is 392 g/mol. The minimum absolute atomic E-state index is 0.237. The van der Waals surface area contributed by atoms with Crippen LogP contribution in [0.1, 0.15) is 5.56 Å². The Balaban J connectivity index is 1.78. The molecular weight excluding hydrogens is 372 g/mol. The summed E-state index contributed by atoms with van der Waals surface area (Å²) in [6.45, 7) is 1.58. The van der Waals surface area contributed by atoms with Crippen LogP contribution in [0.4, 0.5) is 4.79 Å². The highest BCUT2D eigenvalue weighted by atomic mass is 32.2. The van der Waals surface area contributed by atoms with Crippen LogP contribution in [0, 0.1) is 0 Å². The van der Waals surface area contributed by atoms with Crippen LogP contribution >= 0.6 is 11.8 Å². The maximum atomic E-state index is 12.6. The number of morpholine rings is 1. The number of carbonyl (C=O) groups is 3. The lowest BCUT2D eigenvalue weighted by Crippen LogP contribution is -2.46. The van der Waals surface area contributed by atoms with E-state index in [1.54, 1.807) is 29.2 Å². The number of hydrogen-bond donors (Lipinski definition) is 0. The third-order valence-corrected chi connectivity index (χ3v) is 5.16. The predicted octanol–water partition coefficient (Wildman–Crippen LogP) is 1.60. The van der Waals surface area contributed by atoms with Gasteiger partial charge in [-0.25, -0.2) is 0 Å². The summed E-state index contributed by atoms with van der Waals surface area (Å²) in [6.07, 6.45) is 1.57. The van der Waals surface area contributed by atoms with Crippen molar-refractivity contribution in [2.45, 2.75) is 0 Å². The molecule has 2 saturated heterocycles. The summed E-state index contributed by atoms with van der Waals surface area (Å²) in [4.78, 5) is 40.1. The zero-order valence-electron chi connectivity index (χ0n) is 15.1. The van der Waals surface area contributed by atoms with Gasteiger partial charge in [0.15, 0.2) is 11.5 Å². The molecule has 0 N–H and O–H groups in total. The first-order valence-corrected chi connectivity index (χ1v) is 9.18. The van der Waals surface area contributed by atoms with E-state index in [1.165, 1.54) is 14.2 Å². The van der Waals surface area contributed by atoms with Gasteiger partial charge >= 0.3 is 0 Å². The lowest BCUT2D eigenvalue weighted by atomic mass is 10.1. The van der Waals surface area contributed by atoms with Crippen LogP contribution in [0.3, 0.4) is 0 Å². The number of hydrogen-bond acceptors (Lipinski definition) is 7. The summed E-state index contributed by atoms with van der Waals surface area (Å²) >= 11 is 0.805. The van der Waals surface area contributed by atoms with Gasteiger partial charge in [-0.1, -0.05) is 12.1 Å². The fourth-order valence-corrected chi connectivity index (χ4v) is 3.68. The van der Waals surface area contributed by atoms with Crippen LogP contribution in [0.15, 0.2) is 23.1 Å². The van der Waals surface area contributed by atoms with Gasteiger partial charge in [0.1, 0.15) is 6.54 Å². The molecule has 0 aliphatic carbocycles. The summed E-state index contributed by atoms with van der Waals surface area (Å²) < 4.78 is 15.8. The van der Waals surface area contributed by atoms with Crippen molar-refractivity contribution < 1.29 is 28.6 Å². The highest BCUT2D eigenvalue weighted by Gasteiger charge is 2.37. The Morgan fingerprint density at radius 1 is 1.22 bits per heavy atom. The normalized spacial score (nSPS) is 19.0. The van der Waals surface area contributed by atoms with E-state index in [2.05, 4.69) is 0 Å². The minimum atomic E-state index is -0.489. The summed E-state index contributed by atoms with van der Waals surface area (Å²) in [6, 6.07) is 5.26. The van der Waals surface area contributed by atoms with Crippen LogP contribution in [0.25, 0.3) is 6.08 Å². The molecule has 2 aliphatic rings. The molecular formula is C18H20N2O6S. The Labute approximate surface area is 161 Å². The molecule has 0 unspecified atom stereocenters. The predicted molar refractivity (Wildman–Crippen MR) is 99.6 cm³/mol. The molecule has 2 fully saturated rings. The van der Waals surface area contributed by atoms with Gasteiger partial charge in [0, 0.05) is 18.7 Å². The van der Waals surface area contributed by atoms with Gasteiger partial charge in [-0.15, -0.1) is 0 Å². The Kier molecular flexibility index (Phi) is 6.02. The average Bonchev–Trinajstić information content (AvgIpc) is 2.95. The van der Waals surface area contributed by atoms with Gasteiger partial charge in [-0.05, 0) is 23.9 Å². The number of thioether (sulfide) groups is 1. The Morgan fingerprint density at radius 3 is 2.63 bits per heavy atom. The molecule has 0 aromatic heterocycles. The smallest absolute Gasteiger partial charge is 0.294 e. The molecule has 9 heteroatoms. The molecule has 0 radical (unpaired) electrons. The van der Waals surface area contributed by atoms with Crippen molar-refractivity contribution >= 4 is 34.9 Å². The second-order valence-electron chi connectivity index (χ2n) is 5.84. The van der Waals surface area contributed by atoms with Gasteiger partial charge in [0.2, 0.25) is 5.91 Å². The number of amides is 3. The number of imide groups is 1. The quantitative estimate of drug-likeness (QED) is 0.704. The van der Waals surface area contributed by atoms with Crippen molar-refractivity contribution in [2.75, 3.05) is 47.1 Å². The molecule has 144 valence electrons. The third kappa shape index (κ3) is 4.09. The fraction of sp³-hybridized carbons (Fsp3) is 0.389. The SMILES string of the molecule is COc1cccc(/C=C2\SC(=O)N(CC(=O)N3CCOCC3)C2=O)c1OC. The summed E-state index contributed by atoms with van der Waals surface area (Å²) in [5.41, 5.74) is 0.613. The largest absolute Gasteiger partial charge is 0.493 e. The van der Waals surface area contributed by atoms with Crippen LogP contribution < -0.4 is 9.47 Å². The van der Waals surface area contributed by atoms with Gasteiger partial charge in [-0.2, -0.15) is 0 Å². The highest BCUT2D eigenvalue weighted by molar-refractivity contribution is 8.18. The first kappa shape index (κ1) is 19.2. The number of ether oxygens (including phenoxy) is 3. The summed E-state index contributed by atoms with van der Waals surface area (Å²) in [5.74, 6) is 0.237.